The largest absolute Gasteiger partial charge is 0.496 e. The van der Waals surface area contributed by atoms with Gasteiger partial charge in [0.1, 0.15) is 5.75 Å². The highest BCUT2D eigenvalue weighted by Gasteiger charge is 2.15. The lowest BCUT2D eigenvalue weighted by Crippen LogP contribution is -2.18. The van der Waals surface area contributed by atoms with Gasteiger partial charge in [-0.05, 0) is 31.0 Å². The zero-order valence-corrected chi connectivity index (χ0v) is 11.1. The number of ether oxygens (including phenoxy) is 1. The van der Waals surface area contributed by atoms with Crippen LogP contribution in [-0.4, -0.2) is 22.9 Å². The molecule has 2 rings (SSSR count). The van der Waals surface area contributed by atoms with Crippen molar-refractivity contribution in [3.05, 3.63) is 36.0 Å². The van der Waals surface area contributed by atoms with Gasteiger partial charge in [0.15, 0.2) is 0 Å². The molecule has 0 saturated carbocycles. The standard InChI is InChI=1S/C14H19N3O/c1-10(15)8-11-9-16-17(2)14(11)12-6-4-5-7-13(12)18-3/h4-7,9-10H,8,15H2,1-3H3. The van der Waals surface area contributed by atoms with Crippen molar-refractivity contribution < 1.29 is 4.74 Å². The SMILES string of the molecule is COc1ccccc1-c1c(CC(C)N)cnn1C. The highest BCUT2D eigenvalue weighted by molar-refractivity contribution is 5.70. The van der Waals surface area contributed by atoms with E-state index in [4.69, 9.17) is 10.5 Å². The molecule has 0 spiro atoms. The first-order valence-corrected chi connectivity index (χ1v) is 6.03. The Morgan fingerprint density at radius 2 is 2.11 bits per heavy atom. The third-order valence-corrected chi connectivity index (χ3v) is 2.92. The maximum atomic E-state index is 5.88. The molecular weight excluding hydrogens is 226 g/mol. The number of hydrogen-bond acceptors (Lipinski definition) is 3. The third kappa shape index (κ3) is 2.38. The van der Waals surface area contributed by atoms with Crippen molar-refractivity contribution in [1.82, 2.24) is 9.78 Å². The molecular formula is C14H19N3O. The Morgan fingerprint density at radius 1 is 1.39 bits per heavy atom. The van der Waals surface area contributed by atoms with Gasteiger partial charge in [0.25, 0.3) is 0 Å². The van der Waals surface area contributed by atoms with Crippen LogP contribution in [0.4, 0.5) is 0 Å². The second kappa shape index (κ2) is 5.23. The Hall–Kier alpha value is -1.81. The molecule has 1 unspecified atom stereocenters. The van der Waals surface area contributed by atoms with Crippen LogP contribution in [0.5, 0.6) is 5.75 Å². The van der Waals surface area contributed by atoms with Gasteiger partial charge in [-0.15, -0.1) is 0 Å². The predicted octanol–water partition coefficient (Wildman–Crippen LogP) is 1.99. The van der Waals surface area contributed by atoms with E-state index in [2.05, 4.69) is 5.10 Å². The lowest BCUT2D eigenvalue weighted by molar-refractivity contribution is 0.416. The van der Waals surface area contributed by atoms with Crippen LogP contribution < -0.4 is 10.5 Å². The molecule has 0 aliphatic carbocycles. The maximum Gasteiger partial charge on any atom is 0.128 e. The molecule has 4 heteroatoms. The minimum absolute atomic E-state index is 0.114. The highest BCUT2D eigenvalue weighted by atomic mass is 16.5. The third-order valence-electron chi connectivity index (χ3n) is 2.92. The summed E-state index contributed by atoms with van der Waals surface area (Å²) in [5.74, 6) is 0.854. The van der Waals surface area contributed by atoms with Crippen molar-refractivity contribution in [1.29, 1.82) is 0 Å². The van der Waals surface area contributed by atoms with Crippen LogP contribution >= 0.6 is 0 Å². The summed E-state index contributed by atoms with van der Waals surface area (Å²) in [5.41, 5.74) is 9.16. The van der Waals surface area contributed by atoms with E-state index < -0.39 is 0 Å². The fourth-order valence-corrected chi connectivity index (χ4v) is 2.17. The maximum absolute atomic E-state index is 5.88. The second-order valence-electron chi connectivity index (χ2n) is 4.52. The molecule has 2 aromatic rings. The number of hydrogen-bond donors (Lipinski definition) is 1. The molecule has 1 aromatic heterocycles. The fraction of sp³-hybridized carbons (Fsp3) is 0.357. The Labute approximate surface area is 107 Å². The van der Waals surface area contributed by atoms with E-state index in [1.54, 1.807) is 7.11 Å². The minimum atomic E-state index is 0.114. The number of nitrogens with zero attached hydrogens (tertiary/aromatic N) is 2. The number of benzene rings is 1. The summed E-state index contributed by atoms with van der Waals surface area (Å²) in [6.45, 7) is 2.00. The molecule has 1 heterocycles. The fourth-order valence-electron chi connectivity index (χ4n) is 2.17. The highest BCUT2D eigenvalue weighted by Crippen LogP contribution is 2.32. The van der Waals surface area contributed by atoms with Crippen molar-refractivity contribution in [2.45, 2.75) is 19.4 Å². The van der Waals surface area contributed by atoms with E-state index in [9.17, 15) is 0 Å². The first-order chi connectivity index (χ1) is 8.63. The molecule has 0 amide bonds. The van der Waals surface area contributed by atoms with E-state index in [1.165, 1.54) is 0 Å². The Morgan fingerprint density at radius 3 is 2.78 bits per heavy atom. The molecule has 0 fully saturated rings. The molecule has 18 heavy (non-hydrogen) atoms. The Kier molecular flexibility index (Phi) is 3.67. The smallest absolute Gasteiger partial charge is 0.128 e. The van der Waals surface area contributed by atoms with E-state index >= 15 is 0 Å². The van der Waals surface area contributed by atoms with Gasteiger partial charge in [0, 0.05) is 18.7 Å². The molecule has 1 atom stereocenters. The van der Waals surface area contributed by atoms with Gasteiger partial charge < -0.3 is 10.5 Å². The molecule has 0 bridgehead atoms. The van der Waals surface area contributed by atoms with Gasteiger partial charge in [-0.1, -0.05) is 12.1 Å². The number of aromatic nitrogens is 2. The molecule has 0 radical (unpaired) electrons. The van der Waals surface area contributed by atoms with Gasteiger partial charge in [-0.3, -0.25) is 4.68 Å². The quantitative estimate of drug-likeness (QED) is 0.896. The van der Waals surface area contributed by atoms with E-state index in [0.29, 0.717) is 0 Å². The number of nitrogens with two attached hydrogens (primary N) is 1. The zero-order chi connectivity index (χ0) is 13.1. The van der Waals surface area contributed by atoms with Crippen molar-refractivity contribution in [2.24, 2.45) is 12.8 Å². The lowest BCUT2D eigenvalue weighted by atomic mass is 10.0. The van der Waals surface area contributed by atoms with E-state index in [0.717, 1.165) is 29.0 Å². The van der Waals surface area contributed by atoms with Crippen LogP contribution in [0.1, 0.15) is 12.5 Å². The second-order valence-corrected chi connectivity index (χ2v) is 4.52. The summed E-state index contributed by atoms with van der Waals surface area (Å²) >= 11 is 0. The summed E-state index contributed by atoms with van der Waals surface area (Å²) in [7, 11) is 3.62. The molecule has 0 saturated heterocycles. The van der Waals surface area contributed by atoms with Crippen LogP contribution in [-0.2, 0) is 13.5 Å². The van der Waals surface area contributed by atoms with Crippen LogP contribution in [0, 0.1) is 0 Å². The summed E-state index contributed by atoms with van der Waals surface area (Å²) in [5, 5.41) is 4.33. The topological polar surface area (TPSA) is 53.1 Å². The van der Waals surface area contributed by atoms with Crippen LogP contribution in [0.25, 0.3) is 11.3 Å². The monoisotopic (exact) mass is 245 g/mol. The molecule has 2 N–H and O–H groups in total. The first kappa shape index (κ1) is 12.6. The molecule has 0 aliphatic heterocycles. The van der Waals surface area contributed by atoms with Gasteiger partial charge in [-0.25, -0.2) is 0 Å². The normalized spacial score (nSPS) is 12.4. The zero-order valence-electron chi connectivity index (χ0n) is 11.1. The molecule has 96 valence electrons. The summed E-state index contributed by atoms with van der Waals surface area (Å²) in [4.78, 5) is 0. The van der Waals surface area contributed by atoms with Crippen LogP contribution in [0.3, 0.4) is 0 Å². The van der Waals surface area contributed by atoms with Crippen molar-refractivity contribution in [3.63, 3.8) is 0 Å². The Bertz CT molecular complexity index is 532. The van der Waals surface area contributed by atoms with E-state index in [-0.39, 0.29) is 6.04 Å². The predicted molar refractivity (Wildman–Crippen MR) is 72.5 cm³/mol. The van der Waals surface area contributed by atoms with Crippen molar-refractivity contribution >= 4 is 0 Å². The summed E-state index contributed by atoms with van der Waals surface area (Å²) < 4.78 is 7.28. The van der Waals surface area contributed by atoms with Crippen molar-refractivity contribution in [2.75, 3.05) is 7.11 Å². The van der Waals surface area contributed by atoms with Gasteiger partial charge in [0.2, 0.25) is 0 Å². The van der Waals surface area contributed by atoms with Crippen LogP contribution in [0.2, 0.25) is 0 Å². The number of rotatable bonds is 4. The number of methoxy groups -OCH3 is 1. The van der Waals surface area contributed by atoms with Gasteiger partial charge in [0.05, 0.1) is 19.0 Å². The first-order valence-electron chi connectivity index (χ1n) is 6.03. The summed E-state index contributed by atoms with van der Waals surface area (Å²) in [6.07, 6.45) is 2.69. The minimum Gasteiger partial charge on any atom is -0.496 e. The summed E-state index contributed by atoms with van der Waals surface area (Å²) in [6, 6.07) is 8.07. The molecule has 1 aromatic carbocycles. The van der Waals surface area contributed by atoms with Gasteiger partial charge >= 0.3 is 0 Å². The van der Waals surface area contributed by atoms with Gasteiger partial charge in [-0.2, -0.15) is 5.10 Å². The average molecular weight is 245 g/mol. The van der Waals surface area contributed by atoms with Crippen molar-refractivity contribution in [3.8, 4) is 17.0 Å². The number of aryl methyl sites for hydroxylation is 1. The lowest BCUT2D eigenvalue weighted by Gasteiger charge is -2.12. The average Bonchev–Trinajstić information content (AvgIpc) is 2.69. The molecule has 0 aliphatic rings. The van der Waals surface area contributed by atoms with E-state index in [1.807, 2.05) is 49.1 Å². The molecule has 4 nitrogen and oxygen atoms in total. The Balaban J connectivity index is 2.52. The van der Waals surface area contributed by atoms with Crippen LogP contribution in [0.15, 0.2) is 30.5 Å². The number of para-hydroxylation sites is 1.